The highest BCUT2D eigenvalue weighted by molar-refractivity contribution is 5.85. The molecule has 11 heteroatoms. The second kappa shape index (κ2) is 8.48. The van der Waals surface area contributed by atoms with Crippen LogP contribution in [0.1, 0.15) is 29.8 Å². The molecule has 8 nitrogen and oxygen atoms in total. The lowest BCUT2D eigenvalue weighted by Crippen LogP contribution is -2.44. The van der Waals surface area contributed by atoms with Gasteiger partial charge in [0, 0.05) is 24.0 Å². The van der Waals surface area contributed by atoms with Crippen molar-refractivity contribution in [3.8, 4) is 5.95 Å². The minimum absolute atomic E-state index is 0.130. The quantitative estimate of drug-likeness (QED) is 0.554. The van der Waals surface area contributed by atoms with E-state index in [0.717, 1.165) is 29.9 Å². The summed E-state index contributed by atoms with van der Waals surface area (Å²) in [5.41, 5.74) is 1.01. The van der Waals surface area contributed by atoms with Crippen molar-refractivity contribution in [2.75, 3.05) is 17.2 Å². The van der Waals surface area contributed by atoms with Crippen LogP contribution in [-0.4, -0.2) is 38.2 Å². The molecule has 1 aromatic carbocycles. The van der Waals surface area contributed by atoms with Crippen LogP contribution in [0.15, 0.2) is 36.4 Å². The maximum Gasteiger partial charge on any atom is 0.416 e. The van der Waals surface area contributed by atoms with Gasteiger partial charge in [0.15, 0.2) is 0 Å². The van der Waals surface area contributed by atoms with Gasteiger partial charge in [-0.25, -0.2) is 4.68 Å². The molecule has 1 saturated heterocycles. The van der Waals surface area contributed by atoms with Gasteiger partial charge in [-0.3, -0.25) is 4.79 Å². The van der Waals surface area contributed by atoms with Gasteiger partial charge >= 0.3 is 6.18 Å². The molecule has 0 saturated carbocycles. The average molecular weight is 445 g/mol. The highest BCUT2D eigenvalue weighted by Crippen LogP contribution is 2.31. The zero-order valence-corrected chi connectivity index (χ0v) is 17.5. The van der Waals surface area contributed by atoms with Crippen molar-refractivity contribution in [3.63, 3.8) is 0 Å². The predicted octanol–water partition coefficient (Wildman–Crippen LogP) is 3.73. The number of benzene rings is 1. The van der Waals surface area contributed by atoms with Gasteiger partial charge in [-0.2, -0.15) is 28.2 Å². The number of carbonyl (C=O) groups excluding carboxylic acids is 1. The zero-order chi connectivity index (χ0) is 22.9. The normalized spacial score (nSPS) is 16.5. The molecule has 3 heterocycles. The number of halogens is 3. The second-order valence-corrected chi connectivity index (χ2v) is 7.61. The number of carbonyl (C=O) groups is 1. The monoisotopic (exact) mass is 445 g/mol. The zero-order valence-electron chi connectivity index (χ0n) is 17.5. The number of piperidine rings is 1. The third-order valence-corrected chi connectivity index (χ3v) is 4.98. The number of amides is 1. The first kappa shape index (κ1) is 21.6. The van der Waals surface area contributed by atoms with E-state index in [1.54, 1.807) is 10.7 Å². The van der Waals surface area contributed by atoms with E-state index in [1.165, 1.54) is 12.1 Å². The van der Waals surface area contributed by atoms with E-state index in [0.29, 0.717) is 18.8 Å². The maximum absolute atomic E-state index is 13.1. The van der Waals surface area contributed by atoms with E-state index in [2.05, 4.69) is 31.0 Å². The maximum atomic E-state index is 13.1. The van der Waals surface area contributed by atoms with E-state index in [9.17, 15) is 18.0 Å². The molecular formula is C21H22F3N7O. The fourth-order valence-electron chi connectivity index (χ4n) is 3.51. The lowest BCUT2D eigenvalue weighted by molar-refractivity contribution is -0.137. The molecule has 0 spiro atoms. The minimum Gasteiger partial charge on any atom is -0.358 e. The standard InChI is InChI=1S/C21H22F3N7O/c1-12-9-13(2)31(30-12)20-28-17(26-15-6-3-5-14(10-15)21(22,23)24)11-18(29-20)27-16-7-4-8-25-19(16)32/h3,5-6,9-11,16H,4,7-8H2,1-2H3,(H,25,32)(H2,26,27,28,29). The topological polar surface area (TPSA) is 96.8 Å². The van der Waals surface area contributed by atoms with Gasteiger partial charge in [0.05, 0.1) is 11.3 Å². The van der Waals surface area contributed by atoms with Gasteiger partial charge in [0.1, 0.15) is 17.7 Å². The Bertz CT molecular complexity index is 1140. The number of rotatable bonds is 5. The van der Waals surface area contributed by atoms with Crippen molar-refractivity contribution in [1.82, 2.24) is 25.1 Å². The van der Waals surface area contributed by atoms with E-state index in [-0.39, 0.29) is 23.4 Å². The molecule has 1 aliphatic heterocycles. The van der Waals surface area contributed by atoms with Crippen molar-refractivity contribution in [2.45, 2.75) is 38.9 Å². The van der Waals surface area contributed by atoms with Gasteiger partial charge in [-0.05, 0) is 51.0 Å². The fraction of sp³-hybridized carbons (Fsp3) is 0.333. The molecule has 0 aliphatic carbocycles. The Morgan fingerprint density at radius 2 is 1.91 bits per heavy atom. The Morgan fingerprint density at radius 1 is 1.12 bits per heavy atom. The van der Waals surface area contributed by atoms with Crippen LogP contribution in [0, 0.1) is 13.8 Å². The summed E-state index contributed by atoms with van der Waals surface area (Å²) >= 11 is 0. The fourth-order valence-corrected chi connectivity index (χ4v) is 3.51. The van der Waals surface area contributed by atoms with Gasteiger partial charge in [0.25, 0.3) is 5.95 Å². The molecule has 3 N–H and O–H groups in total. The third-order valence-electron chi connectivity index (χ3n) is 4.98. The lowest BCUT2D eigenvalue weighted by Gasteiger charge is -2.23. The van der Waals surface area contributed by atoms with Crippen molar-refractivity contribution < 1.29 is 18.0 Å². The SMILES string of the molecule is Cc1cc(C)n(-c2nc(Nc3cccc(C(F)(F)F)c3)cc(NC3CCCNC3=O)n2)n1. The van der Waals surface area contributed by atoms with Crippen LogP contribution in [0.2, 0.25) is 0 Å². The molecule has 1 amide bonds. The number of alkyl halides is 3. The van der Waals surface area contributed by atoms with Crippen molar-refractivity contribution >= 4 is 23.2 Å². The molecule has 1 unspecified atom stereocenters. The molecule has 0 bridgehead atoms. The molecule has 0 radical (unpaired) electrons. The molecule has 1 fully saturated rings. The molecule has 168 valence electrons. The highest BCUT2D eigenvalue weighted by Gasteiger charge is 2.30. The lowest BCUT2D eigenvalue weighted by atomic mass is 10.1. The summed E-state index contributed by atoms with van der Waals surface area (Å²) in [4.78, 5) is 21.1. The number of anilines is 3. The van der Waals surface area contributed by atoms with Gasteiger partial charge in [0.2, 0.25) is 5.91 Å². The largest absolute Gasteiger partial charge is 0.416 e. The summed E-state index contributed by atoms with van der Waals surface area (Å²) in [5, 5.41) is 13.2. The van der Waals surface area contributed by atoms with E-state index in [1.807, 2.05) is 19.9 Å². The molecule has 3 aromatic rings. The van der Waals surface area contributed by atoms with E-state index >= 15 is 0 Å². The number of nitrogens with zero attached hydrogens (tertiary/aromatic N) is 4. The first-order chi connectivity index (χ1) is 15.2. The Balaban J connectivity index is 1.70. The number of hydrogen-bond donors (Lipinski definition) is 3. The number of hydrogen-bond acceptors (Lipinski definition) is 6. The molecule has 4 rings (SSSR count). The third kappa shape index (κ3) is 4.82. The van der Waals surface area contributed by atoms with Crippen molar-refractivity contribution in [1.29, 1.82) is 0 Å². The first-order valence-electron chi connectivity index (χ1n) is 10.1. The molecule has 2 aromatic heterocycles. The van der Waals surface area contributed by atoms with Gasteiger partial charge < -0.3 is 16.0 Å². The summed E-state index contributed by atoms with van der Waals surface area (Å²) in [7, 11) is 0. The van der Waals surface area contributed by atoms with Crippen LogP contribution in [0.25, 0.3) is 5.95 Å². The van der Waals surface area contributed by atoms with Gasteiger partial charge in [-0.15, -0.1) is 0 Å². The van der Waals surface area contributed by atoms with E-state index in [4.69, 9.17) is 0 Å². The van der Waals surface area contributed by atoms with Crippen LogP contribution in [0.4, 0.5) is 30.5 Å². The first-order valence-corrected chi connectivity index (χ1v) is 10.1. The molecular weight excluding hydrogens is 423 g/mol. The van der Waals surface area contributed by atoms with Crippen LogP contribution >= 0.6 is 0 Å². The smallest absolute Gasteiger partial charge is 0.358 e. The summed E-state index contributed by atoms with van der Waals surface area (Å²) < 4.78 is 40.8. The summed E-state index contributed by atoms with van der Waals surface area (Å²) in [6.07, 6.45) is -2.99. The van der Waals surface area contributed by atoms with Gasteiger partial charge in [-0.1, -0.05) is 6.07 Å². The Hall–Kier alpha value is -3.63. The van der Waals surface area contributed by atoms with Crippen molar-refractivity contribution in [3.05, 3.63) is 53.3 Å². The molecule has 1 aliphatic rings. The van der Waals surface area contributed by atoms with Crippen LogP contribution in [0.5, 0.6) is 0 Å². The van der Waals surface area contributed by atoms with Crippen LogP contribution in [0.3, 0.4) is 0 Å². The second-order valence-electron chi connectivity index (χ2n) is 7.61. The Kier molecular flexibility index (Phi) is 5.72. The summed E-state index contributed by atoms with van der Waals surface area (Å²) in [6.45, 7) is 4.30. The number of nitrogens with one attached hydrogen (secondary N) is 3. The predicted molar refractivity (Wildman–Crippen MR) is 113 cm³/mol. The van der Waals surface area contributed by atoms with E-state index < -0.39 is 17.8 Å². The minimum atomic E-state index is -4.46. The van der Waals surface area contributed by atoms with Crippen molar-refractivity contribution in [2.24, 2.45) is 0 Å². The van der Waals surface area contributed by atoms with Crippen LogP contribution in [-0.2, 0) is 11.0 Å². The summed E-state index contributed by atoms with van der Waals surface area (Å²) in [6, 6.07) is 7.79. The highest BCUT2D eigenvalue weighted by atomic mass is 19.4. The van der Waals surface area contributed by atoms with Crippen LogP contribution < -0.4 is 16.0 Å². The number of aromatic nitrogens is 4. The average Bonchev–Trinajstić information content (AvgIpc) is 3.07. The molecule has 1 atom stereocenters. The Morgan fingerprint density at radius 3 is 2.59 bits per heavy atom. The summed E-state index contributed by atoms with van der Waals surface area (Å²) in [5.74, 6) is 0.723. The Labute approximate surface area is 182 Å². The molecule has 32 heavy (non-hydrogen) atoms. The number of aryl methyl sites for hydroxylation is 2.